The van der Waals surface area contributed by atoms with Crippen molar-refractivity contribution in [3.63, 3.8) is 0 Å². The molecule has 0 spiro atoms. The number of carbonyl (C=O) groups is 1. The molecule has 0 bridgehead atoms. The highest BCUT2D eigenvalue weighted by molar-refractivity contribution is 6.32. The summed E-state index contributed by atoms with van der Waals surface area (Å²) < 4.78 is 0. The van der Waals surface area contributed by atoms with Crippen LogP contribution in [0, 0.1) is 0 Å². The van der Waals surface area contributed by atoms with Gasteiger partial charge in [0.25, 0.3) is 0 Å². The molecule has 0 atom stereocenters. The van der Waals surface area contributed by atoms with Gasteiger partial charge in [-0.2, -0.15) is 0 Å². The minimum Gasteiger partial charge on any atom is -0.348 e. The van der Waals surface area contributed by atoms with Crippen molar-refractivity contribution in [2.75, 3.05) is 31.6 Å². The molecule has 0 saturated carbocycles. The van der Waals surface area contributed by atoms with Crippen LogP contribution < -0.4 is 4.90 Å². The number of benzene rings is 1. The van der Waals surface area contributed by atoms with Gasteiger partial charge in [-0.3, -0.25) is 4.79 Å². The molecule has 138 valence electrons. The predicted molar refractivity (Wildman–Crippen MR) is 106 cm³/mol. The molecule has 2 aromatic heterocycles. The van der Waals surface area contributed by atoms with E-state index in [-0.39, 0.29) is 12.5 Å². The van der Waals surface area contributed by atoms with Crippen LogP contribution in [0.4, 0.5) is 5.82 Å². The molecule has 1 aromatic carbocycles. The average molecular weight is 383 g/mol. The van der Waals surface area contributed by atoms with E-state index in [4.69, 9.17) is 11.6 Å². The maximum atomic E-state index is 12.7. The lowest BCUT2D eigenvalue weighted by Crippen LogP contribution is -2.41. The van der Waals surface area contributed by atoms with Crippen molar-refractivity contribution in [1.82, 2.24) is 24.8 Å². The molecular weight excluding hydrogens is 364 g/mol. The molecule has 0 fully saturated rings. The third-order valence-electron chi connectivity index (χ3n) is 4.72. The quantitative estimate of drug-likeness (QED) is 0.750. The Hall–Kier alpha value is -2.93. The van der Waals surface area contributed by atoms with Gasteiger partial charge in [0, 0.05) is 25.2 Å². The van der Waals surface area contributed by atoms with Crippen LogP contribution in [0.2, 0.25) is 5.02 Å². The van der Waals surface area contributed by atoms with Gasteiger partial charge in [-0.15, -0.1) is 0 Å². The number of amides is 1. The number of halogens is 1. The maximum absolute atomic E-state index is 12.7. The van der Waals surface area contributed by atoms with Gasteiger partial charge < -0.3 is 14.8 Å². The zero-order valence-electron chi connectivity index (χ0n) is 14.9. The van der Waals surface area contributed by atoms with Crippen molar-refractivity contribution in [3.05, 3.63) is 53.6 Å². The summed E-state index contributed by atoms with van der Waals surface area (Å²) in [4.78, 5) is 31.9. The van der Waals surface area contributed by atoms with Crippen molar-refractivity contribution < 1.29 is 4.79 Å². The third-order valence-corrected chi connectivity index (χ3v) is 5.05. The molecule has 1 aliphatic rings. The molecule has 7 nitrogen and oxygen atoms in total. The zero-order chi connectivity index (χ0) is 18.8. The van der Waals surface area contributed by atoms with E-state index in [0.717, 1.165) is 22.5 Å². The number of nitrogens with zero attached hydrogens (tertiary/aromatic N) is 5. The van der Waals surface area contributed by atoms with E-state index in [1.54, 1.807) is 6.33 Å². The Bertz CT molecular complexity index is 1010. The number of imidazole rings is 1. The molecule has 1 amide bonds. The standard InChI is InChI=1S/C19H19ClN6O/c1-25(19-17-18(22-11-21-17)23-12-24-19)10-16(27)26-8-6-13(7-9-26)14-4-2-3-5-15(14)20/h2-6,11-12H,7-10H2,1H3,(H,21,22,23,24). The first kappa shape index (κ1) is 17.5. The fourth-order valence-corrected chi connectivity index (χ4v) is 3.54. The van der Waals surface area contributed by atoms with Gasteiger partial charge in [0.2, 0.25) is 5.91 Å². The minimum atomic E-state index is 0.0539. The van der Waals surface area contributed by atoms with E-state index in [1.165, 1.54) is 11.9 Å². The Morgan fingerprint density at radius 1 is 1.30 bits per heavy atom. The first-order chi connectivity index (χ1) is 13.1. The zero-order valence-corrected chi connectivity index (χ0v) is 15.6. The van der Waals surface area contributed by atoms with Crippen molar-refractivity contribution in [2.24, 2.45) is 0 Å². The number of aromatic amines is 1. The van der Waals surface area contributed by atoms with E-state index >= 15 is 0 Å². The highest BCUT2D eigenvalue weighted by Crippen LogP contribution is 2.28. The lowest BCUT2D eigenvalue weighted by molar-refractivity contribution is -0.129. The molecule has 0 unspecified atom stereocenters. The normalized spacial score (nSPS) is 14.3. The molecule has 27 heavy (non-hydrogen) atoms. The topological polar surface area (TPSA) is 78.0 Å². The van der Waals surface area contributed by atoms with Crippen LogP contribution in [0.5, 0.6) is 0 Å². The largest absolute Gasteiger partial charge is 0.348 e. The molecule has 1 aliphatic heterocycles. The number of anilines is 1. The number of fused-ring (bicyclic) bond motifs is 1. The summed E-state index contributed by atoms with van der Waals surface area (Å²) in [6.07, 6.45) is 5.90. The van der Waals surface area contributed by atoms with Crippen LogP contribution in [0.1, 0.15) is 12.0 Å². The molecule has 4 rings (SSSR count). The molecule has 3 aromatic rings. The maximum Gasteiger partial charge on any atom is 0.242 e. The van der Waals surface area contributed by atoms with Crippen LogP contribution in [0.25, 0.3) is 16.7 Å². The SMILES string of the molecule is CN(CC(=O)N1CC=C(c2ccccc2Cl)CC1)c1ncnc2nc[nH]c12. The van der Waals surface area contributed by atoms with E-state index < -0.39 is 0 Å². The van der Waals surface area contributed by atoms with Gasteiger partial charge in [-0.05, 0) is 23.6 Å². The molecule has 0 aliphatic carbocycles. The Balaban J connectivity index is 1.44. The van der Waals surface area contributed by atoms with E-state index in [1.807, 2.05) is 41.1 Å². The second kappa shape index (κ2) is 7.36. The van der Waals surface area contributed by atoms with Crippen LogP contribution in [0.3, 0.4) is 0 Å². The van der Waals surface area contributed by atoms with Gasteiger partial charge >= 0.3 is 0 Å². The lowest BCUT2D eigenvalue weighted by atomic mass is 9.99. The summed E-state index contributed by atoms with van der Waals surface area (Å²) in [6.45, 7) is 1.49. The fourth-order valence-electron chi connectivity index (χ4n) is 3.28. The van der Waals surface area contributed by atoms with Crippen molar-refractivity contribution in [2.45, 2.75) is 6.42 Å². The predicted octanol–water partition coefficient (Wildman–Crippen LogP) is 2.76. The number of likely N-dealkylation sites (N-methyl/N-ethyl adjacent to an activating group) is 1. The summed E-state index contributed by atoms with van der Waals surface area (Å²) in [5.74, 6) is 0.716. The van der Waals surface area contributed by atoms with Gasteiger partial charge in [0.1, 0.15) is 11.8 Å². The Morgan fingerprint density at radius 2 is 2.15 bits per heavy atom. The summed E-state index contributed by atoms with van der Waals surface area (Å²) >= 11 is 6.28. The van der Waals surface area contributed by atoms with Crippen LogP contribution >= 0.6 is 11.6 Å². The highest BCUT2D eigenvalue weighted by Gasteiger charge is 2.21. The van der Waals surface area contributed by atoms with E-state index in [2.05, 4.69) is 26.0 Å². The van der Waals surface area contributed by atoms with E-state index in [9.17, 15) is 4.79 Å². The van der Waals surface area contributed by atoms with Gasteiger partial charge in [0.15, 0.2) is 11.5 Å². The Labute approximate surface area is 161 Å². The molecule has 8 heteroatoms. The first-order valence-electron chi connectivity index (χ1n) is 8.70. The van der Waals surface area contributed by atoms with Crippen molar-refractivity contribution in [1.29, 1.82) is 0 Å². The van der Waals surface area contributed by atoms with Crippen LogP contribution in [0.15, 0.2) is 43.0 Å². The smallest absolute Gasteiger partial charge is 0.242 e. The van der Waals surface area contributed by atoms with Gasteiger partial charge in [0.05, 0.1) is 12.9 Å². The van der Waals surface area contributed by atoms with Gasteiger partial charge in [-0.25, -0.2) is 15.0 Å². The summed E-state index contributed by atoms with van der Waals surface area (Å²) in [5.41, 5.74) is 3.55. The molecule has 3 heterocycles. The molecule has 0 saturated heterocycles. The molecule has 0 radical (unpaired) electrons. The second-order valence-electron chi connectivity index (χ2n) is 6.45. The number of H-pyrrole nitrogens is 1. The average Bonchev–Trinajstić information content (AvgIpc) is 3.17. The number of hydrogen-bond donors (Lipinski definition) is 1. The van der Waals surface area contributed by atoms with Crippen LogP contribution in [-0.2, 0) is 4.79 Å². The van der Waals surface area contributed by atoms with Crippen molar-refractivity contribution >= 4 is 40.1 Å². The Morgan fingerprint density at radius 3 is 2.93 bits per heavy atom. The number of nitrogens with one attached hydrogen (secondary N) is 1. The minimum absolute atomic E-state index is 0.0539. The van der Waals surface area contributed by atoms with E-state index in [0.29, 0.717) is 24.6 Å². The number of aromatic nitrogens is 4. The summed E-state index contributed by atoms with van der Waals surface area (Å²) in [6, 6.07) is 7.81. The summed E-state index contributed by atoms with van der Waals surface area (Å²) in [7, 11) is 1.84. The van der Waals surface area contributed by atoms with Crippen molar-refractivity contribution in [3.8, 4) is 0 Å². The highest BCUT2D eigenvalue weighted by atomic mass is 35.5. The number of hydrogen-bond acceptors (Lipinski definition) is 5. The summed E-state index contributed by atoms with van der Waals surface area (Å²) in [5, 5.41) is 0.746. The lowest BCUT2D eigenvalue weighted by Gasteiger charge is -2.29. The third kappa shape index (κ3) is 3.50. The first-order valence-corrected chi connectivity index (χ1v) is 9.08. The number of carbonyl (C=O) groups excluding carboxylic acids is 1. The molecule has 1 N–H and O–H groups in total. The second-order valence-corrected chi connectivity index (χ2v) is 6.86. The molecular formula is C19H19ClN6O. The van der Waals surface area contributed by atoms with Crippen LogP contribution in [-0.4, -0.2) is 57.4 Å². The monoisotopic (exact) mass is 382 g/mol. The number of rotatable bonds is 4. The fraction of sp³-hybridized carbons (Fsp3) is 0.263. The Kier molecular flexibility index (Phi) is 4.77. The van der Waals surface area contributed by atoms with Gasteiger partial charge in [-0.1, -0.05) is 35.9 Å².